The van der Waals surface area contributed by atoms with Crippen molar-refractivity contribution in [1.82, 2.24) is 10.2 Å². The third-order valence-corrected chi connectivity index (χ3v) is 7.53. The van der Waals surface area contributed by atoms with Gasteiger partial charge in [0.2, 0.25) is 0 Å². The van der Waals surface area contributed by atoms with Gasteiger partial charge in [0.05, 0.1) is 11.3 Å². The second-order valence-electron chi connectivity index (χ2n) is 7.48. The molecular formula is C21H25N3O3S. The van der Waals surface area contributed by atoms with Gasteiger partial charge in [0.25, 0.3) is 15.9 Å². The van der Waals surface area contributed by atoms with E-state index in [2.05, 4.69) is 5.32 Å². The number of fused-ring (bicyclic) bond motifs is 2. The lowest BCUT2D eigenvalue weighted by Gasteiger charge is -2.26. The minimum Gasteiger partial charge on any atom is -0.337 e. The van der Waals surface area contributed by atoms with E-state index in [9.17, 15) is 13.2 Å². The summed E-state index contributed by atoms with van der Waals surface area (Å²) in [6.45, 7) is 1.27. The summed E-state index contributed by atoms with van der Waals surface area (Å²) in [5.74, 6) is -0.213. The molecule has 4 rings (SSSR count). The van der Waals surface area contributed by atoms with Crippen molar-refractivity contribution in [3.63, 3.8) is 0 Å². The number of rotatable bonds is 4. The first-order valence-electron chi connectivity index (χ1n) is 9.65. The fraction of sp³-hybridized carbons (Fsp3) is 0.381. The summed E-state index contributed by atoms with van der Waals surface area (Å²) in [4.78, 5) is 15.1. The van der Waals surface area contributed by atoms with Crippen LogP contribution in [-0.4, -0.2) is 51.4 Å². The normalized spacial score (nSPS) is 22.0. The third kappa shape index (κ3) is 3.52. The fourth-order valence-corrected chi connectivity index (χ4v) is 5.47. The molecule has 2 fully saturated rings. The summed E-state index contributed by atoms with van der Waals surface area (Å²) < 4.78 is 27.8. The summed E-state index contributed by atoms with van der Waals surface area (Å²) in [6.07, 6.45) is 3.12. The lowest BCUT2D eigenvalue weighted by Crippen LogP contribution is -2.40. The Bertz CT molecular complexity index is 962. The molecule has 0 saturated carbocycles. The summed E-state index contributed by atoms with van der Waals surface area (Å²) in [7, 11) is -2.34. The number of anilines is 1. The number of hydrogen-bond donors (Lipinski definition) is 1. The number of sulfonamides is 1. The van der Waals surface area contributed by atoms with Crippen LogP contribution >= 0.6 is 0 Å². The molecule has 0 aromatic heterocycles. The maximum Gasteiger partial charge on any atom is 0.264 e. The smallest absolute Gasteiger partial charge is 0.264 e. The van der Waals surface area contributed by atoms with E-state index < -0.39 is 10.0 Å². The van der Waals surface area contributed by atoms with E-state index in [1.54, 1.807) is 47.4 Å². The van der Waals surface area contributed by atoms with Gasteiger partial charge < -0.3 is 10.2 Å². The molecule has 2 atom stereocenters. The Labute approximate surface area is 166 Å². The van der Waals surface area contributed by atoms with Crippen LogP contribution in [0.3, 0.4) is 0 Å². The van der Waals surface area contributed by atoms with Crippen LogP contribution in [0, 0.1) is 0 Å². The standard InChI is InChI=1S/C21H25N3O3S/c1-23(18-7-3-2-4-8-18)28(26,27)20-10-6-5-9-19(20)21(25)24-14-13-16-11-12-17(15-24)22-16/h2-10,16-17,22H,11-15H2,1H3. The number of benzene rings is 2. The molecule has 148 valence electrons. The molecule has 2 saturated heterocycles. The molecule has 2 bridgehead atoms. The molecular weight excluding hydrogens is 374 g/mol. The molecule has 0 aliphatic carbocycles. The molecule has 6 nitrogen and oxygen atoms in total. The summed E-state index contributed by atoms with van der Waals surface area (Å²) in [5.41, 5.74) is 0.795. The van der Waals surface area contributed by atoms with Crippen molar-refractivity contribution >= 4 is 21.6 Å². The van der Waals surface area contributed by atoms with Crippen LogP contribution in [0.1, 0.15) is 29.6 Å². The van der Waals surface area contributed by atoms with Crippen molar-refractivity contribution in [3.05, 3.63) is 60.2 Å². The fourth-order valence-electron chi connectivity index (χ4n) is 4.09. The van der Waals surface area contributed by atoms with Crippen molar-refractivity contribution < 1.29 is 13.2 Å². The molecule has 1 amide bonds. The molecule has 2 heterocycles. The topological polar surface area (TPSA) is 69.7 Å². The average molecular weight is 400 g/mol. The Morgan fingerprint density at radius 3 is 2.46 bits per heavy atom. The molecule has 2 aromatic carbocycles. The molecule has 2 aromatic rings. The predicted molar refractivity (Wildman–Crippen MR) is 109 cm³/mol. The summed E-state index contributed by atoms with van der Waals surface area (Å²) >= 11 is 0. The van der Waals surface area contributed by atoms with E-state index in [0.717, 1.165) is 19.3 Å². The van der Waals surface area contributed by atoms with Crippen LogP contribution in [0.15, 0.2) is 59.5 Å². The molecule has 0 spiro atoms. The Kier molecular flexibility index (Phi) is 5.12. The highest BCUT2D eigenvalue weighted by atomic mass is 32.2. The quantitative estimate of drug-likeness (QED) is 0.858. The van der Waals surface area contributed by atoms with Crippen LogP contribution in [0.5, 0.6) is 0 Å². The largest absolute Gasteiger partial charge is 0.337 e. The second-order valence-corrected chi connectivity index (χ2v) is 9.42. The first-order valence-corrected chi connectivity index (χ1v) is 11.1. The molecule has 28 heavy (non-hydrogen) atoms. The maximum atomic E-state index is 13.3. The summed E-state index contributed by atoms with van der Waals surface area (Å²) in [6, 6.07) is 16.2. The molecule has 2 aliphatic rings. The first kappa shape index (κ1) is 19.0. The number of likely N-dealkylation sites (tertiary alicyclic amines) is 1. The van der Waals surface area contributed by atoms with Crippen molar-refractivity contribution in [2.45, 2.75) is 36.2 Å². The van der Waals surface area contributed by atoms with Crippen molar-refractivity contribution in [1.29, 1.82) is 0 Å². The van der Waals surface area contributed by atoms with E-state index >= 15 is 0 Å². The maximum absolute atomic E-state index is 13.3. The molecule has 1 N–H and O–H groups in total. The number of carbonyl (C=O) groups excluding carboxylic acids is 1. The number of para-hydroxylation sites is 1. The van der Waals surface area contributed by atoms with Gasteiger partial charge in [0, 0.05) is 32.2 Å². The number of hydrogen-bond acceptors (Lipinski definition) is 4. The van der Waals surface area contributed by atoms with Gasteiger partial charge in [-0.15, -0.1) is 0 Å². The lowest BCUT2D eigenvalue weighted by atomic mass is 10.1. The van der Waals surface area contributed by atoms with E-state index in [-0.39, 0.29) is 16.4 Å². The van der Waals surface area contributed by atoms with Crippen LogP contribution in [0.4, 0.5) is 5.69 Å². The number of nitrogens with one attached hydrogen (secondary N) is 1. The highest BCUT2D eigenvalue weighted by Crippen LogP contribution is 2.27. The molecule has 0 radical (unpaired) electrons. The van der Waals surface area contributed by atoms with Gasteiger partial charge in [-0.25, -0.2) is 8.42 Å². The predicted octanol–water partition coefficient (Wildman–Crippen LogP) is 2.48. The lowest BCUT2D eigenvalue weighted by molar-refractivity contribution is 0.0744. The van der Waals surface area contributed by atoms with Gasteiger partial charge in [-0.1, -0.05) is 30.3 Å². The van der Waals surface area contributed by atoms with Crippen molar-refractivity contribution in [2.24, 2.45) is 0 Å². The number of amides is 1. The zero-order valence-electron chi connectivity index (χ0n) is 15.9. The third-order valence-electron chi connectivity index (χ3n) is 5.69. The van der Waals surface area contributed by atoms with Gasteiger partial charge in [0.15, 0.2) is 0 Å². The Balaban J connectivity index is 1.66. The highest BCUT2D eigenvalue weighted by molar-refractivity contribution is 7.92. The number of carbonyl (C=O) groups is 1. The van der Waals surface area contributed by atoms with Crippen molar-refractivity contribution in [2.75, 3.05) is 24.4 Å². The first-order chi connectivity index (χ1) is 13.5. The highest BCUT2D eigenvalue weighted by Gasteiger charge is 2.34. The Hall–Kier alpha value is -2.38. The Morgan fingerprint density at radius 1 is 1.00 bits per heavy atom. The van der Waals surface area contributed by atoms with Crippen LogP contribution < -0.4 is 9.62 Å². The molecule has 2 aliphatic heterocycles. The monoisotopic (exact) mass is 399 g/mol. The SMILES string of the molecule is CN(c1ccccc1)S(=O)(=O)c1ccccc1C(=O)N1CCC2CCC(C1)N2. The minimum absolute atomic E-state index is 0.0497. The van der Waals surface area contributed by atoms with Crippen molar-refractivity contribution in [3.8, 4) is 0 Å². The van der Waals surface area contributed by atoms with E-state index in [1.165, 1.54) is 17.4 Å². The van der Waals surface area contributed by atoms with Crippen LogP contribution in [0.2, 0.25) is 0 Å². The van der Waals surface area contributed by atoms with Crippen LogP contribution in [-0.2, 0) is 10.0 Å². The summed E-state index contributed by atoms with van der Waals surface area (Å²) in [5, 5.41) is 3.55. The molecule has 2 unspecified atom stereocenters. The van der Waals surface area contributed by atoms with Gasteiger partial charge >= 0.3 is 0 Å². The zero-order valence-corrected chi connectivity index (χ0v) is 16.7. The Morgan fingerprint density at radius 2 is 1.68 bits per heavy atom. The van der Waals surface area contributed by atoms with Gasteiger partial charge in [0.1, 0.15) is 4.90 Å². The zero-order chi connectivity index (χ0) is 19.7. The second kappa shape index (κ2) is 7.56. The number of nitrogens with zero attached hydrogens (tertiary/aromatic N) is 2. The minimum atomic E-state index is -3.86. The van der Waals surface area contributed by atoms with E-state index in [4.69, 9.17) is 0 Å². The van der Waals surface area contributed by atoms with Gasteiger partial charge in [-0.2, -0.15) is 0 Å². The van der Waals surface area contributed by atoms with Gasteiger partial charge in [-0.05, 0) is 43.5 Å². The average Bonchev–Trinajstić information content (AvgIpc) is 3.06. The van der Waals surface area contributed by atoms with Gasteiger partial charge in [-0.3, -0.25) is 9.10 Å². The van der Waals surface area contributed by atoms with Crippen LogP contribution in [0.25, 0.3) is 0 Å². The van der Waals surface area contributed by atoms with E-state index in [0.29, 0.717) is 30.9 Å². The van der Waals surface area contributed by atoms with E-state index in [1.807, 2.05) is 6.07 Å². The molecule has 7 heteroatoms.